The van der Waals surface area contributed by atoms with E-state index in [-0.39, 0.29) is 6.04 Å². The van der Waals surface area contributed by atoms with Crippen LogP contribution >= 0.6 is 0 Å². The van der Waals surface area contributed by atoms with Crippen LogP contribution in [-0.4, -0.2) is 39.6 Å². The van der Waals surface area contributed by atoms with Gasteiger partial charge in [-0.05, 0) is 18.9 Å². The zero-order valence-electron chi connectivity index (χ0n) is 13.6. The SMILES string of the molecule is Cc1cnn(C2CCN(Cc3ccccc3)C2)c1NC(=O)C(N)=O. The Bertz CT molecular complexity index is 741. The van der Waals surface area contributed by atoms with E-state index in [0.29, 0.717) is 5.82 Å². The number of carbonyl (C=O) groups excluding carboxylic acids is 2. The largest absolute Gasteiger partial charge is 0.361 e. The molecule has 1 saturated heterocycles. The molecule has 3 rings (SSSR count). The molecule has 1 aromatic heterocycles. The Kier molecular flexibility index (Phi) is 4.61. The lowest BCUT2D eigenvalue weighted by molar-refractivity contribution is -0.134. The molecule has 2 aromatic rings. The minimum atomic E-state index is -1.00. The summed E-state index contributed by atoms with van der Waals surface area (Å²) >= 11 is 0. The van der Waals surface area contributed by atoms with Crippen LogP contribution in [0.25, 0.3) is 0 Å². The summed E-state index contributed by atoms with van der Waals surface area (Å²) in [5.41, 5.74) is 7.11. The van der Waals surface area contributed by atoms with Crippen LogP contribution in [0.3, 0.4) is 0 Å². The van der Waals surface area contributed by atoms with Crippen molar-refractivity contribution in [3.8, 4) is 0 Å². The Morgan fingerprint density at radius 1 is 1.33 bits per heavy atom. The number of benzene rings is 1. The van der Waals surface area contributed by atoms with Gasteiger partial charge in [-0.2, -0.15) is 5.10 Å². The molecule has 1 atom stereocenters. The van der Waals surface area contributed by atoms with Crippen LogP contribution in [0.15, 0.2) is 36.5 Å². The lowest BCUT2D eigenvalue weighted by Gasteiger charge is -2.18. The Balaban J connectivity index is 1.70. The molecule has 1 unspecified atom stereocenters. The number of aryl methyl sites for hydroxylation is 1. The zero-order valence-corrected chi connectivity index (χ0v) is 13.6. The highest BCUT2D eigenvalue weighted by molar-refractivity contribution is 6.39. The van der Waals surface area contributed by atoms with Crippen molar-refractivity contribution in [2.75, 3.05) is 18.4 Å². The molecule has 7 nitrogen and oxygen atoms in total. The van der Waals surface area contributed by atoms with Crippen molar-refractivity contribution in [3.63, 3.8) is 0 Å². The Hall–Kier alpha value is -2.67. The second kappa shape index (κ2) is 6.84. The van der Waals surface area contributed by atoms with E-state index in [1.807, 2.05) is 25.1 Å². The highest BCUT2D eigenvalue weighted by atomic mass is 16.2. The third-order valence-electron chi connectivity index (χ3n) is 4.28. The second-order valence-electron chi connectivity index (χ2n) is 6.10. The van der Waals surface area contributed by atoms with Crippen LogP contribution in [0.5, 0.6) is 0 Å². The molecule has 0 aliphatic carbocycles. The maximum Gasteiger partial charge on any atom is 0.314 e. The number of carbonyl (C=O) groups is 2. The summed E-state index contributed by atoms with van der Waals surface area (Å²) in [6.07, 6.45) is 2.63. The van der Waals surface area contributed by atoms with Gasteiger partial charge in [-0.25, -0.2) is 4.68 Å². The fraction of sp³-hybridized carbons (Fsp3) is 0.353. The van der Waals surface area contributed by atoms with Crippen molar-refractivity contribution < 1.29 is 9.59 Å². The van der Waals surface area contributed by atoms with Gasteiger partial charge in [0.05, 0.1) is 12.2 Å². The van der Waals surface area contributed by atoms with Crippen molar-refractivity contribution in [1.82, 2.24) is 14.7 Å². The molecule has 24 heavy (non-hydrogen) atoms. The van der Waals surface area contributed by atoms with Gasteiger partial charge in [0.1, 0.15) is 5.82 Å². The lowest BCUT2D eigenvalue weighted by Crippen LogP contribution is -2.31. The third-order valence-corrected chi connectivity index (χ3v) is 4.28. The number of rotatable bonds is 4. The molecule has 2 amide bonds. The quantitative estimate of drug-likeness (QED) is 0.821. The number of hydrogen-bond acceptors (Lipinski definition) is 4. The van der Waals surface area contributed by atoms with Crippen molar-refractivity contribution in [3.05, 3.63) is 47.7 Å². The molecule has 3 N–H and O–H groups in total. The normalized spacial score (nSPS) is 17.8. The average Bonchev–Trinajstić information content (AvgIpc) is 3.16. The average molecular weight is 327 g/mol. The predicted molar refractivity (Wildman–Crippen MR) is 90.2 cm³/mol. The maximum absolute atomic E-state index is 11.6. The number of likely N-dealkylation sites (tertiary alicyclic amines) is 1. The summed E-state index contributed by atoms with van der Waals surface area (Å²) in [7, 11) is 0. The number of aromatic nitrogens is 2. The Morgan fingerprint density at radius 3 is 2.79 bits per heavy atom. The van der Waals surface area contributed by atoms with Gasteiger partial charge in [-0.3, -0.25) is 14.5 Å². The first-order valence-electron chi connectivity index (χ1n) is 7.96. The van der Waals surface area contributed by atoms with Crippen molar-refractivity contribution in [1.29, 1.82) is 0 Å². The van der Waals surface area contributed by atoms with Gasteiger partial charge in [0.15, 0.2) is 0 Å². The third kappa shape index (κ3) is 3.46. The van der Waals surface area contributed by atoms with Crippen LogP contribution in [-0.2, 0) is 16.1 Å². The summed E-state index contributed by atoms with van der Waals surface area (Å²) in [5.74, 6) is -1.27. The van der Waals surface area contributed by atoms with Gasteiger partial charge in [-0.15, -0.1) is 0 Å². The second-order valence-corrected chi connectivity index (χ2v) is 6.10. The number of primary amides is 1. The number of nitrogens with one attached hydrogen (secondary N) is 1. The standard InChI is InChI=1S/C17H21N5O2/c1-12-9-19-22(16(12)20-17(24)15(18)23)14-7-8-21(11-14)10-13-5-3-2-4-6-13/h2-6,9,14H,7-8,10-11H2,1H3,(H2,18,23)(H,20,24). The van der Waals surface area contributed by atoms with E-state index < -0.39 is 11.8 Å². The first-order chi connectivity index (χ1) is 11.5. The number of amides is 2. The molecule has 1 aromatic carbocycles. The fourth-order valence-electron chi connectivity index (χ4n) is 3.05. The van der Waals surface area contributed by atoms with E-state index in [2.05, 4.69) is 27.4 Å². The van der Waals surface area contributed by atoms with Gasteiger partial charge < -0.3 is 11.1 Å². The van der Waals surface area contributed by atoms with Gasteiger partial charge in [0, 0.05) is 25.2 Å². The summed E-state index contributed by atoms with van der Waals surface area (Å²) in [6.45, 7) is 4.54. The first kappa shape index (κ1) is 16.2. The molecule has 1 aliphatic heterocycles. The van der Waals surface area contributed by atoms with Crippen molar-refractivity contribution in [2.24, 2.45) is 5.73 Å². The smallest absolute Gasteiger partial charge is 0.314 e. The summed E-state index contributed by atoms with van der Waals surface area (Å²) < 4.78 is 1.79. The molecule has 0 saturated carbocycles. The Morgan fingerprint density at radius 2 is 2.08 bits per heavy atom. The topological polar surface area (TPSA) is 93.2 Å². The van der Waals surface area contributed by atoms with E-state index in [1.54, 1.807) is 10.9 Å². The fourth-order valence-corrected chi connectivity index (χ4v) is 3.05. The maximum atomic E-state index is 11.6. The van der Waals surface area contributed by atoms with E-state index in [0.717, 1.165) is 31.6 Å². The summed E-state index contributed by atoms with van der Waals surface area (Å²) in [4.78, 5) is 25.0. The highest BCUT2D eigenvalue weighted by Gasteiger charge is 2.27. The van der Waals surface area contributed by atoms with E-state index in [4.69, 9.17) is 5.73 Å². The summed E-state index contributed by atoms with van der Waals surface area (Å²) in [6, 6.07) is 10.5. The summed E-state index contributed by atoms with van der Waals surface area (Å²) in [5, 5.41) is 6.94. The minimum Gasteiger partial charge on any atom is -0.361 e. The molecule has 0 bridgehead atoms. The zero-order chi connectivity index (χ0) is 17.1. The van der Waals surface area contributed by atoms with Crippen LogP contribution < -0.4 is 11.1 Å². The molecule has 1 fully saturated rings. The molecule has 126 valence electrons. The molecule has 7 heteroatoms. The molecule has 2 heterocycles. The van der Waals surface area contributed by atoms with Crippen LogP contribution in [0.4, 0.5) is 5.82 Å². The van der Waals surface area contributed by atoms with Gasteiger partial charge in [0.25, 0.3) is 0 Å². The first-order valence-corrected chi connectivity index (χ1v) is 7.96. The van der Waals surface area contributed by atoms with Gasteiger partial charge >= 0.3 is 11.8 Å². The van der Waals surface area contributed by atoms with Crippen molar-refractivity contribution in [2.45, 2.75) is 25.9 Å². The van der Waals surface area contributed by atoms with Gasteiger partial charge in [0.2, 0.25) is 0 Å². The molecule has 0 spiro atoms. The van der Waals surface area contributed by atoms with Crippen molar-refractivity contribution >= 4 is 17.6 Å². The van der Waals surface area contributed by atoms with Gasteiger partial charge in [-0.1, -0.05) is 30.3 Å². The molecular formula is C17H21N5O2. The monoisotopic (exact) mass is 327 g/mol. The van der Waals surface area contributed by atoms with Crippen LogP contribution in [0.1, 0.15) is 23.6 Å². The lowest BCUT2D eigenvalue weighted by atomic mass is 10.2. The highest BCUT2D eigenvalue weighted by Crippen LogP contribution is 2.27. The Labute approximate surface area is 140 Å². The van der Waals surface area contributed by atoms with Crippen LogP contribution in [0.2, 0.25) is 0 Å². The predicted octanol–water partition coefficient (Wildman–Crippen LogP) is 1.06. The number of hydrogen-bond donors (Lipinski definition) is 2. The molecular weight excluding hydrogens is 306 g/mol. The number of nitrogens with zero attached hydrogens (tertiary/aromatic N) is 3. The van der Waals surface area contributed by atoms with E-state index in [9.17, 15) is 9.59 Å². The van der Waals surface area contributed by atoms with Crippen LogP contribution in [0, 0.1) is 6.92 Å². The molecule has 1 aliphatic rings. The van der Waals surface area contributed by atoms with E-state index >= 15 is 0 Å². The molecule has 0 radical (unpaired) electrons. The van der Waals surface area contributed by atoms with E-state index in [1.165, 1.54) is 5.56 Å². The minimum absolute atomic E-state index is 0.158. The number of anilines is 1. The number of nitrogens with two attached hydrogens (primary N) is 1.